The summed E-state index contributed by atoms with van der Waals surface area (Å²) in [5.41, 5.74) is 0.834. The molecule has 2 amide bonds. The number of aliphatic imine (C=N–C) groups is 1. The number of halogens is 1. The second-order valence-corrected chi connectivity index (χ2v) is 5.85. The minimum Gasteiger partial charge on any atom is -0.497 e. The number of ether oxygens (including phenoxy) is 1. The molecule has 0 aromatic heterocycles. The maximum atomic E-state index is 12.2. The number of thioether (sulfide) groups is 1. The molecule has 0 fully saturated rings. The van der Waals surface area contributed by atoms with Crippen LogP contribution in [0.4, 0.5) is 0 Å². The zero-order valence-corrected chi connectivity index (χ0v) is 14.6. The molecule has 2 aromatic rings. The van der Waals surface area contributed by atoms with Gasteiger partial charge >= 0.3 is 0 Å². The first-order chi connectivity index (χ1) is 11.5. The third-order valence-electron chi connectivity index (χ3n) is 3.06. The number of hydrogen-bond acceptors (Lipinski definition) is 4. The Balaban J connectivity index is 2.11. The Bertz CT molecular complexity index is 758. The van der Waals surface area contributed by atoms with Gasteiger partial charge in [0.25, 0.3) is 11.8 Å². The molecule has 0 radical (unpaired) electrons. The van der Waals surface area contributed by atoms with Crippen LogP contribution in [0.25, 0.3) is 0 Å². The summed E-state index contributed by atoms with van der Waals surface area (Å²) in [6.45, 7) is 0. The van der Waals surface area contributed by atoms with Crippen LogP contribution in [0.2, 0.25) is 5.02 Å². The molecule has 0 bridgehead atoms. The second kappa shape index (κ2) is 8.52. The Hall–Kier alpha value is -2.31. The van der Waals surface area contributed by atoms with Gasteiger partial charge in [0, 0.05) is 16.1 Å². The van der Waals surface area contributed by atoms with Crippen molar-refractivity contribution in [2.24, 2.45) is 4.99 Å². The van der Waals surface area contributed by atoms with Crippen molar-refractivity contribution < 1.29 is 14.3 Å². The molecule has 0 aliphatic heterocycles. The molecule has 5 nitrogen and oxygen atoms in total. The average molecular weight is 363 g/mol. The fourth-order valence-corrected chi connectivity index (χ4v) is 2.28. The van der Waals surface area contributed by atoms with Gasteiger partial charge in [-0.15, -0.1) is 0 Å². The molecule has 0 saturated heterocycles. The summed E-state index contributed by atoms with van der Waals surface area (Å²) >= 11 is 6.97. The third kappa shape index (κ3) is 4.84. The van der Waals surface area contributed by atoms with E-state index in [4.69, 9.17) is 16.3 Å². The van der Waals surface area contributed by atoms with Crippen molar-refractivity contribution in [2.45, 2.75) is 0 Å². The minimum absolute atomic E-state index is 0.218. The van der Waals surface area contributed by atoms with Crippen molar-refractivity contribution in [3.05, 3.63) is 64.7 Å². The maximum absolute atomic E-state index is 12.2. The normalized spacial score (nSPS) is 11.0. The monoisotopic (exact) mass is 362 g/mol. The molecule has 0 atom stereocenters. The smallest absolute Gasteiger partial charge is 0.279 e. The summed E-state index contributed by atoms with van der Waals surface area (Å²) < 4.78 is 5.04. The van der Waals surface area contributed by atoms with Crippen LogP contribution < -0.4 is 10.1 Å². The number of methoxy groups -OCH3 is 1. The van der Waals surface area contributed by atoms with Gasteiger partial charge in [-0.3, -0.25) is 9.59 Å². The molecule has 0 aliphatic carbocycles. The lowest BCUT2D eigenvalue weighted by Gasteiger charge is -2.06. The number of carbonyl (C=O) groups excluding carboxylic acids is 2. The fourth-order valence-electron chi connectivity index (χ4n) is 1.79. The first kappa shape index (κ1) is 18.0. The number of hydrogen-bond donors (Lipinski definition) is 1. The lowest BCUT2D eigenvalue weighted by molar-refractivity contribution is 0.0978. The van der Waals surface area contributed by atoms with Crippen LogP contribution >= 0.6 is 23.4 Å². The highest BCUT2D eigenvalue weighted by atomic mass is 35.5. The second-order valence-electron chi connectivity index (χ2n) is 4.62. The summed E-state index contributed by atoms with van der Waals surface area (Å²) in [5.74, 6) is -0.155. The number of amides is 2. The quantitative estimate of drug-likeness (QED) is 0.668. The van der Waals surface area contributed by atoms with E-state index in [0.717, 1.165) is 0 Å². The van der Waals surface area contributed by atoms with Gasteiger partial charge in [-0.05, 0) is 54.8 Å². The van der Waals surface area contributed by atoms with E-state index in [9.17, 15) is 9.59 Å². The van der Waals surface area contributed by atoms with Crippen molar-refractivity contribution in [1.29, 1.82) is 0 Å². The SMILES string of the molecule is COc1ccc(C(=O)N=C(NC(=O)c2ccc(Cl)cc2)SC)cc1. The lowest BCUT2D eigenvalue weighted by Crippen LogP contribution is -2.29. The number of amidine groups is 1. The van der Waals surface area contributed by atoms with E-state index in [1.165, 1.54) is 11.8 Å². The van der Waals surface area contributed by atoms with E-state index in [1.54, 1.807) is 61.9 Å². The number of nitrogens with one attached hydrogen (secondary N) is 1. The Kier molecular flexibility index (Phi) is 6.40. The van der Waals surface area contributed by atoms with E-state index in [2.05, 4.69) is 10.3 Å². The summed E-state index contributed by atoms with van der Waals surface area (Å²) in [7, 11) is 1.55. The van der Waals surface area contributed by atoms with Gasteiger partial charge in [-0.25, -0.2) is 0 Å². The predicted octanol–water partition coefficient (Wildman–Crippen LogP) is 3.64. The zero-order valence-electron chi connectivity index (χ0n) is 13.1. The van der Waals surface area contributed by atoms with Gasteiger partial charge in [-0.2, -0.15) is 4.99 Å². The molecule has 0 unspecified atom stereocenters. The molecular weight excluding hydrogens is 348 g/mol. The summed E-state index contributed by atoms with van der Waals surface area (Å²) in [4.78, 5) is 28.3. The summed E-state index contributed by atoms with van der Waals surface area (Å²) in [5, 5.41) is 3.37. The van der Waals surface area contributed by atoms with Crippen molar-refractivity contribution in [3.63, 3.8) is 0 Å². The van der Waals surface area contributed by atoms with Crippen LogP contribution in [0.1, 0.15) is 20.7 Å². The Labute approximate surface area is 149 Å². The van der Waals surface area contributed by atoms with E-state index < -0.39 is 5.91 Å². The van der Waals surface area contributed by atoms with Gasteiger partial charge in [0.2, 0.25) is 0 Å². The van der Waals surface area contributed by atoms with Gasteiger partial charge in [0.05, 0.1) is 7.11 Å². The first-order valence-corrected chi connectivity index (χ1v) is 8.51. The van der Waals surface area contributed by atoms with Crippen LogP contribution in [-0.2, 0) is 0 Å². The van der Waals surface area contributed by atoms with Crippen LogP contribution in [-0.4, -0.2) is 30.3 Å². The predicted molar refractivity (Wildman–Crippen MR) is 97.2 cm³/mol. The molecule has 2 aromatic carbocycles. The van der Waals surface area contributed by atoms with Crippen LogP contribution in [0, 0.1) is 0 Å². The van der Waals surface area contributed by atoms with Gasteiger partial charge in [-0.1, -0.05) is 23.4 Å². The van der Waals surface area contributed by atoms with Gasteiger partial charge in [0.1, 0.15) is 5.75 Å². The largest absolute Gasteiger partial charge is 0.497 e. The molecule has 0 heterocycles. The molecule has 24 heavy (non-hydrogen) atoms. The fraction of sp³-hybridized carbons (Fsp3) is 0.118. The van der Waals surface area contributed by atoms with E-state index >= 15 is 0 Å². The molecule has 0 aliphatic rings. The summed E-state index contributed by atoms with van der Waals surface area (Å²) in [6.07, 6.45) is 1.72. The lowest BCUT2D eigenvalue weighted by atomic mass is 10.2. The van der Waals surface area contributed by atoms with Gasteiger partial charge < -0.3 is 10.1 Å². The van der Waals surface area contributed by atoms with Crippen molar-refractivity contribution in [3.8, 4) is 5.75 Å². The number of benzene rings is 2. The number of carbonyl (C=O) groups is 2. The summed E-state index contributed by atoms with van der Waals surface area (Å²) in [6, 6.07) is 13.0. The maximum Gasteiger partial charge on any atom is 0.279 e. The number of rotatable bonds is 3. The van der Waals surface area contributed by atoms with Crippen molar-refractivity contribution in [1.82, 2.24) is 5.32 Å². The van der Waals surface area contributed by atoms with Crippen LogP contribution in [0.5, 0.6) is 5.75 Å². The highest BCUT2D eigenvalue weighted by molar-refractivity contribution is 8.13. The van der Waals surface area contributed by atoms with Crippen molar-refractivity contribution in [2.75, 3.05) is 13.4 Å². The van der Waals surface area contributed by atoms with Crippen LogP contribution in [0.15, 0.2) is 53.5 Å². The topological polar surface area (TPSA) is 67.8 Å². The highest BCUT2D eigenvalue weighted by Crippen LogP contribution is 2.13. The average Bonchev–Trinajstić information content (AvgIpc) is 2.61. The molecule has 1 N–H and O–H groups in total. The van der Waals surface area contributed by atoms with E-state index in [0.29, 0.717) is 21.9 Å². The van der Waals surface area contributed by atoms with E-state index in [-0.39, 0.29) is 11.1 Å². The standard InChI is InChI=1S/C17H15ClN2O3S/c1-23-14-9-5-12(6-10-14)16(22)20-17(24-2)19-15(21)11-3-7-13(18)8-4-11/h3-10H,1-2H3,(H,19,20,21,22). The minimum atomic E-state index is -0.446. The molecule has 2 rings (SSSR count). The highest BCUT2D eigenvalue weighted by Gasteiger charge is 2.11. The van der Waals surface area contributed by atoms with E-state index in [1.807, 2.05) is 0 Å². The molecule has 7 heteroatoms. The molecule has 0 saturated carbocycles. The Morgan fingerprint density at radius 2 is 1.62 bits per heavy atom. The van der Waals surface area contributed by atoms with Crippen molar-refractivity contribution >= 4 is 40.3 Å². The third-order valence-corrected chi connectivity index (χ3v) is 3.89. The van der Waals surface area contributed by atoms with Gasteiger partial charge in [0.15, 0.2) is 5.17 Å². The van der Waals surface area contributed by atoms with Crippen LogP contribution in [0.3, 0.4) is 0 Å². The molecule has 0 spiro atoms. The Morgan fingerprint density at radius 3 is 2.17 bits per heavy atom. The Morgan fingerprint density at radius 1 is 1.04 bits per heavy atom. The molecule has 124 valence electrons. The zero-order chi connectivity index (χ0) is 17.5. The number of nitrogens with zero attached hydrogens (tertiary/aromatic N) is 1. The molecular formula is C17H15ClN2O3S. The first-order valence-electron chi connectivity index (χ1n) is 6.91.